The number of Topliss-reactive ketones (excluding diaryl/α,β-unsaturated/α-hetero) is 1. The first-order valence-electron chi connectivity index (χ1n) is 11.6. The molecule has 1 aliphatic heterocycles. The van der Waals surface area contributed by atoms with Crippen LogP contribution in [0.2, 0.25) is 0 Å². The number of aliphatic hydroxyl groups is 4. The highest BCUT2D eigenvalue weighted by molar-refractivity contribution is 6.02. The molecule has 0 spiro atoms. The molecule has 4 N–H and O–H groups in total. The maximum absolute atomic E-state index is 13.5. The standard InChI is InChI=1S/C26H28O11/c1-13-9-18(35-25-24(31)23(30)22(29)20(12-27)36-25)21(19(10-13)37-26(32)33-2)16(28)5-3-14-4-6-17-15(11-14)7-8-34-17/h4,6-11,20,22-25,27,29-31H,3,5,12H2,1-2H3/t20-,22-,23+,24-,25-/m1/s1. The van der Waals surface area contributed by atoms with E-state index < -0.39 is 49.3 Å². The molecular weight excluding hydrogens is 488 g/mol. The maximum atomic E-state index is 13.5. The SMILES string of the molecule is COC(=O)Oc1cc(C)cc(O[C@@H]2O[C@H](CO)[C@@H](O)[C@H](O)[C@H]2O)c1C(=O)CCc1ccc2occc2c1. The van der Waals surface area contributed by atoms with Gasteiger partial charge in [-0.25, -0.2) is 4.79 Å². The molecule has 1 aromatic heterocycles. The quantitative estimate of drug-likeness (QED) is 0.196. The van der Waals surface area contributed by atoms with E-state index in [9.17, 15) is 30.0 Å². The average Bonchev–Trinajstić information content (AvgIpc) is 3.35. The van der Waals surface area contributed by atoms with Crippen molar-refractivity contribution >= 4 is 22.9 Å². The van der Waals surface area contributed by atoms with Crippen LogP contribution in [0.25, 0.3) is 11.0 Å². The number of methoxy groups -OCH3 is 1. The summed E-state index contributed by atoms with van der Waals surface area (Å²) in [7, 11) is 1.12. The summed E-state index contributed by atoms with van der Waals surface area (Å²) in [5.74, 6) is -0.647. The Morgan fingerprint density at radius 2 is 1.76 bits per heavy atom. The molecule has 11 nitrogen and oxygen atoms in total. The molecule has 37 heavy (non-hydrogen) atoms. The Hall–Kier alpha value is -3.48. The average molecular weight is 516 g/mol. The second-order valence-electron chi connectivity index (χ2n) is 8.72. The zero-order valence-electron chi connectivity index (χ0n) is 20.2. The number of fused-ring (bicyclic) bond motifs is 1. The van der Waals surface area contributed by atoms with Gasteiger partial charge in [0.15, 0.2) is 5.78 Å². The van der Waals surface area contributed by atoms with E-state index in [1.165, 1.54) is 12.1 Å². The second-order valence-corrected chi connectivity index (χ2v) is 8.72. The first-order valence-corrected chi connectivity index (χ1v) is 11.6. The van der Waals surface area contributed by atoms with E-state index >= 15 is 0 Å². The van der Waals surface area contributed by atoms with Crippen molar-refractivity contribution in [1.82, 2.24) is 0 Å². The fraction of sp³-hybridized carbons (Fsp3) is 0.385. The molecule has 11 heteroatoms. The summed E-state index contributed by atoms with van der Waals surface area (Å²) in [5.41, 5.74) is 2.04. The molecule has 0 aliphatic carbocycles. The Balaban J connectivity index is 1.64. The number of aryl methyl sites for hydroxylation is 2. The minimum absolute atomic E-state index is 0.00892. The lowest BCUT2D eigenvalue weighted by molar-refractivity contribution is -0.277. The van der Waals surface area contributed by atoms with Crippen LogP contribution in [0.5, 0.6) is 11.5 Å². The Labute approximate surface area is 211 Å². The number of carbonyl (C=O) groups is 2. The van der Waals surface area contributed by atoms with E-state index in [0.717, 1.165) is 23.6 Å². The van der Waals surface area contributed by atoms with Crippen LogP contribution in [0.15, 0.2) is 47.1 Å². The third kappa shape index (κ3) is 5.76. The first-order chi connectivity index (χ1) is 17.7. The van der Waals surface area contributed by atoms with E-state index in [-0.39, 0.29) is 23.5 Å². The Morgan fingerprint density at radius 1 is 1.00 bits per heavy atom. The largest absolute Gasteiger partial charge is 0.513 e. The summed E-state index contributed by atoms with van der Waals surface area (Å²) < 4.78 is 26.4. The molecule has 1 saturated heterocycles. The van der Waals surface area contributed by atoms with Crippen LogP contribution in [0.4, 0.5) is 4.79 Å². The fourth-order valence-corrected chi connectivity index (χ4v) is 4.15. The number of rotatable bonds is 8. The molecule has 4 rings (SSSR count). The molecule has 0 bridgehead atoms. The van der Waals surface area contributed by atoms with Gasteiger partial charge in [-0.15, -0.1) is 0 Å². The van der Waals surface area contributed by atoms with Gasteiger partial charge in [0, 0.05) is 11.8 Å². The lowest BCUT2D eigenvalue weighted by Crippen LogP contribution is -2.60. The summed E-state index contributed by atoms with van der Waals surface area (Å²) in [5, 5.41) is 40.9. The smallest absolute Gasteiger partial charge is 0.464 e. The van der Waals surface area contributed by atoms with Crippen molar-refractivity contribution in [3.8, 4) is 11.5 Å². The monoisotopic (exact) mass is 516 g/mol. The summed E-state index contributed by atoms with van der Waals surface area (Å²) in [4.78, 5) is 25.4. The van der Waals surface area contributed by atoms with Gasteiger partial charge in [0.2, 0.25) is 6.29 Å². The van der Waals surface area contributed by atoms with Gasteiger partial charge in [0.25, 0.3) is 0 Å². The van der Waals surface area contributed by atoms with Crippen LogP contribution < -0.4 is 9.47 Å². The van der Waals surface area contributed by atoms with Crippen molar-refractivity contribution < 1.29 is 53.4 Å². The van der Waals surface area contributed by atoms with E-state index in [4.69, 9.17) is 18.6 Å². The number of aliphatic hydroxyl groups excluding tert-OH is 4. The van der Waals surface area contributed by atoms with E-state index in [1.54, 1.807) is 19.3 Å². The zero-order valence-corrected chi connectivity index (χ0v) is 20.2. The normalized spacial score (nSPS) is 23.6. The minimum atomic E-state index is -1.70. The van der Waals surface area contributed by atoms with Crippen molar-refractivity contribution in [2.75, 3.05) is 13.7 Å². The van der Waals surface area contributed by atoms with Crippen molar-refractivity contribution in [3.63, 3.8) is 0 Å². The van der Waals surface area contributed by atoms with Crippen molar-refractivity contribution in [2.24, 2.45) is 0 Å². The molecular formula is C26H28O11. The summed E-state index contributed by atoms with van der Waals surface area (Å²) in [6, 6.07) is 10.3. The highest BCUT2D eigenvalue weighted by Gasteiger charge is 2.45. The Morgan fingerprint density at radius 3 is 2.49 bits per heavy atom. The molecule has 2 aromatic carbocycles. The van der Waals surface area contributed by atoms with Crippen molar-refractivity contribution in [2.45, 2.75) is 50.5 Å². The van der Waals surface area contributed by atoms with Crippen LogP contribution >= 0.6 is 0 Å². The number of hydrogen-bond acceptors (Lipinski definition) is 11. The Bertz CT molecular complexity index is 1260. The molecule has 2 heterocycles. The molecule has 0 saturated carbocycles. The van der Waals surface area contributed by atoms with Gasteiger partial charge in [-0.05, 0) is 54.8 Å². The number of furan rings is 1. The van der Waals surface area contributed by atoms with Crippen LogP contribution in [-0.4, -0.2) is 76.8 Å². The van der Waals surface area contributed by atoms with Crippen LogP contribution in [-0.2, 0) is 15.9 Å². The third-order valence-electron chi connectivity index (χ3n) is 6.10. The lowest BCUT2D eigenvalue weighted by atomic mass is 9.98. The highest BCUT2D eigenvalue weighted by Crippen LogP contribution is 2.35. The van der Waals surface area contributed by atoms with Gasteiger partial charge >= 0.3 is 6.16 Å². The molecule has 5 atom stereocenters. The molecule has 1 fully saturated rings. The van der Waals surface area contributed by atoms with Crippen molar-refractivity contribution in [3.05, 3.63) is 59.4 Å². The zero-order chi connectivity index (χ0) is 26.7. The summed E-state index contributed by atoms with van der Waals surface area (Å²) in [6.45, 7) is 1.01. The van der Waals surface area contributed by atoms with Crippen LogP contribution in [0.3, 0.4) is 0 Å². The molecule has 1 aliphatic rings. The van der Waals surface area contributed by atoms with Crippen LogP contribution in [0.1, 0.15) is 27.9 Å². The predicted molar refractivity (Wildman–Crippen MR) is 127 cm³/mol. The molecule has 3 aromatic rings. The van der Waals surface area contributed by atoms with Gasteiger partial charge in [-0.1, -0.05) is 6.07 Å². The maximum Gasteiger partial charge on any atom is 0.513 e. The van der Waals surface area contributed by atoms with Gasteiger partial charge in [-0.3, -0.25) is 4.79 Å². The molecule has 0 amide bonds. The fourth-order valence-electron chi connectivity index (χ4n) is 4.15. The third-order valence-corrected chi connectivity index (χ3v) is 6.10. The molecule has 0 unspecified atom stereocenters. The van der Waals surface area contributed by atoms with Gasteiger partial charge < -0.3 is 43.8 Å². The number of ketones is 1. The lowest BCUT2D eigenvalue weighted by Gasteiger charge is -2.39. The molecule has 198 valence electrons. The number of carbonyl (C=O) groups excluding carboxylic acids is 2. The van der Waals surface area contributed by atoms with E-state index in [1.807, 2.05) is 18.2 Å². The molecule has 0 radical (unpaired) electrons. The summed E-state index contributed by atoms with van der Waals surface area (Å²) in [6.07, 6.45) is -6.83. The van der Waals surface area contributed by atoms with Gasteiger partial charge in [0.05, 0.1) is 20.0 Å². The van der Waals surface area contributed by atoms with Crippen molar-refractivity contribution in [1.29, 1.82) is 0 Å². The number of hydrogen-bond donors (Lipinski definition) is 4. The summed E-state index contributed by atoms with van der Waals surface area (Å²) >= 11 is 0. The predicted octanol–water partition coefficient (Wildman–Crippen LogP) is 1.88. The first kappa shape index (κ1) is 26.6. The number of ether oxygens (including phenoxy) is 4. The number of benzene rings is 2. The van der Waals surface area contributed by atoms with E-state index in [2.05, 4.69) is 4.74 Å². The van der Waals surface area contributed by atoms with Gasteiger partial charge in [-0.2, -0.15) is 0 Å². The van der Waals surface area contributed by atoms with Crippen LogP contribution in [0, 0.1) is 6.92 Å². The van der Waals surface area contributed by atoms with E-state index in [0.29, 0.717) is 12.0 Å². The second kappa shape index (κ2) is 11.3. The van der Waals surface area contributed by atoms with Gasteiger partial charge in [0.1, 0.15) is 47.1 Å². The topological polar surface area (TPSA) is 165 Å². The minimum Gasteiger partial charge on any atom is -0.464 e. The highest BCUT2D eigenvalue weighted by atomic mass is 16.7. The Kier molecular flexibility index (Phi) is 8.10.